The molecule has 2 rings (SSSR count). The van der Waals surface area contributed by atoms with Gasteiger partial charge in [0.25, 0.3) is 5.91 Å². The highest BCUT2D eigenvalue weighted by atomic mass is 32.2. The fourth-order valence-electron chi connectivity index (χ4n) is 2.72. The van der Waals surface area contributed by atoms with E-state index in [4.69, 9.17) is 5.11 Å². The lowest BCUT2D eigenvalue weighted by Gasteiger charge is -2.20. The third-order valence-electron chi connectivity index (χ3n) is 4.00. The Bertz CT molecular complexity index is 709. The number of carboxylic acid groups (broad SMARTS) is 1. The molecule has 7 nitrogen and oxygen atoms in total. The zero-order chi connectivity index (χ0) is 17.7. The van der Waals surface area contributed by atoms with Gasteiger partial charge in [-0.3, -0.25) is 9.59 Å². The molecule has 1 fully saturated rings. The molecular formula is C16H22N2O5S. The molecule has 1 aliphatic rings. The van der Waals surface area contributed by atoms with Gasteiger partial charge in [0.1, 0.15) is 6.54 Å². The summed E-state index contributed by atoms with van der Waals surface area (Å²) >= 11 is 0. The summed E-state index contributed by atoms with van der Waals surface area (Å²) in [7, 11) is -2.28. The minimum Gasteiger partial charge on any atom is -0.480 e. The monoisotopic (exact) mass is 354 g/mol. The third kappa shape index (κ3) is 4.33. The number of hydrogen-bond donors (Lipinski definition) is 1. The molecule has 132 valence electrons. The van der Waals surface area contributed by atoms with Crippen molar-refractivity contribution in [2.75, 3.05) is 26.7 Å². The van der Waals surface area contributed by atoms with E-state index in [9.17, 15) is 18.0 Å². The summed E-state index contributed by atoms with van der Waals surface area (Å²) < 4.78 is 27.0. The van der Waals surface area contributed by atoms with Crippen LogP contribution in [0.2, 0.25) is 0 Å². The van der Waals surface area contributed by atoms with Crippen molar-refractivity contribution in [3.05, 3.63) is 29.8 Å². The van der Waals surface area contributed by atoms with E-state index in [1.807, 2.05) is 0 Å². The lowest BCUT2D eigenvalue weighted by atomic mass is 10.2. The first-order chi connectivity index (χ1) is 11.3. The number of rotatable bonds is 5. The van der Waals surface area contributed by atoms with E-state index in [0.29, 0.717) is 13.1 Å². The molecule has 24 heavy (non-hydrogen) atoms. The molecule has 1 aromatic carbocycles. The Balaban J connectivity index is 2.25. The van der Waals surface area contributed by atoms with Crippen molar-refractivity contribution < 1.29 is 23.1 Å². The first-order valence-electron chi connectivity index (χ1n) is 7.90. The van der Waals surface area contributed by atoms with Gasteiger partial charge in [0.05, 0.1) is 4.90 Å². The molecule has 1 saturated heterocycles. The fraction of sp³-hybridized carbons (Fsp3) is 0.500. The maximum Gasteiger partial charge on any atom is 0.323 e. The largest absolute Gasteiger partial charge is 0.480 e. The second-order valence-electron chi connectivity index (χ2n) is 5.90. The molecule has 0 unspecified atom stereocenters. The number of carbonyl (C=O) groups excluding carboxylic acids is 1. The van der Waals surface area contributed by atoms with Crippen LogP contribution in [0.4, 0.5) is 0 Å². The summed E-state index contributed by atoms with van der Waals surface area (Å²) in [5.74, 6) is -1.65. The molecule has 0 bridgehead atoms. The zero-order valence-corrected chi connectivity index (χ0v) is 14.5. The lowest BCUT2D eigenvalue weighted by molar-refractivity contribution is -0.137. The number of likely N-dealkylation sites (N-methyl/N-ethyl adjacent to an activating group) is 1. The van der Waals surface area contributed by atoms with Gasteiger partial charge >= 0.3 is 5.97 Å². The van der Waals surface area contributed by atoms with Gasteiger partial charge in [-0.1, -0.05) is 18.9 Å². The predicted octanol–water partition coefficient (Wildman–Crippen LogP) is 1.41. The average Bonchev–Trinajstić information content (AvgIpc) is 2.83. The molecule has 8 heteroatoms. The van der Waals surface area contributed by atoms with Crippen LogP contribution >= 0.6 is 0 Å². The fourth-order valence-corrected chi connectivity index (χ4v) is 4.28. The molecule has 1 aromatic rings. The highest BCUT2D eigenvalue weighted by Gasteiger charge is 2.26. The van der Waals surface area contributed by atoms with Crippen LogP contribution in [0.3, 0.4) is 0 Å². The van der Waals surface area contributed by atoms with E-state index in [1.54, 1.807) is 0 Å². The van der Waals surface area contributed by atoms with Crippen molar-refractivity contribution in [1.29, 1.82) is 0 Å². The number of aliphatic carboxylic acids is 1. The molecule has 1 aliphatic heterocycles. The maximum atomic E-state index is 12.8. The van der Waals surface area contributed by atoms with Crippen LogP contribution in [-0.4, -0.2) is 61.3 Å². The summed E-state index contributed by atoms with van der Waals surface area (Å²) in [6.07, 6.45) is 3.70. The Morgan fingerprint density at radius 2 is 1.79 bits per heavy atom. The van der Waals surface area contributed by atoms with Gasteiger partial charge in [0.2, 0.25) is 10.0 Å². The van der Waals surface area contributed by atoms with E-state index < -0.39 is 28.4 Å². The Labute approximate surface area is 141 Å². The van der Waals surface area contributed by atoms with Gasteiger partial charge < -0.3 is 10.0 Å². The van der Waals surface area contributed by atoms with E-state index >= 15 is 0 Å². The quantitative estimate of drug-likeness (QED) is 0.862. The van der Waals surface area contributed by atoms with E-state index in [2.05, 4.69) is 0 Å². The van der Waals surface area contributed by atoms with Crippen molar-refractivity contribution in [2.45, 2.75) is 30.6 Å². The van der Waals surface area contributed by atoms with E-state index in [1.165, 1.54) is 35.6 Å². The summed E-state index contributed by atoms with van der Waals surface area (Å²) in [6, 6.07) is 5.78. The van der Waals surface area contributed by atoms with Crippen LogP contribution in [0.5, 0.6) is 0 Å². The highest BCUT2D eigenvalue weighted by molar-refractivity contribution is 7.89. The zero-order valence-electron chi connectivity index (χ0n) is 13.6. The Morgan fingerprint density at radius 3 is 2.38 bits per heavy atom. The van der Waals surface area contributed by atoms with Gasteiger partial charge in [-0.15, -0.1) is 0 Å². The first kappa shape index (κ1) is 18.4. The van der Waals surface area contributed by atoms with Gasteiger partial charge in [-0.2, -0.15) is 4.31 Å². The van der Waals surface area contributed by atoms with Crippen LogP contribution in [0.25, 0.3) is 0 Å². The first-order valence-corrected chi connectivity index (χ1v) is 9.34. The topological polar surface area (TPSA) is 95.0 Å². The molecule has 1 heterocycles. The van der Waals surface area contributed by atoms with Gasteiger partial charge in [-0.05, 0) is 31.0 Å². The summed E-state index contributed by atoms with van der Waals surface area (Å²) in [5, 5.41) is 8.76. The van der Waals surface area contributed by atoms with Gasteiger partial charge in [0, 0.05) is 25.7 Å². The Morgan fingerprint density at radius 1 is 1.17 bits per heavy atom. The van der Waals surface area contributed by atoms with Gasteiger partial charge in [-0.25, -0.2) is 8.42 Å². The Hall–Kier alpha value is -1.93. The van der Waals surface area contributed by atoms with Crippen LogP contribution in [0, 0.1) is 0 Å². The summed E-state index contributed by atoms with van der Waals surface area (Å²) in [4.78, 5) is 24.1. The van der Waals surface area contributed by atoms with Crippen molar-refractivity contribution in [3.63, 3.8) is 0 Å². The minimum atomic E-state index is -3.64. The molecule has 0 saturated carbocycles. The lowest BCUT2D eigenvalue weighted by Crippen LogP contribution is -2.33. The van der Waals surface area contributed by atoms with Crippen LogP contribution < -0.4 is 0 Å². The van der Waals surface area contributed by atoms with Gasteiger partial charge in [0.15, 0.2) is 0 Å². The second-order valence-corrected chi connectivity index (χ2v) is 7.84. The van der Waals surface area contributed by atoms with Crippen molar-refractivity contribution in [1.82, 2.24) is 9.21 Å². The number of carbonyl (C=O) groups is 2. The SMILES string of the molecule is CN(CC(=O)O)C(=O)c1cccc(S(=O)(=O)N2CCCCCC2)c1. The van der Waals surface area contributed by atoms with Crippen LogP contribution in [0.15, 0.2) is 29.2 Å². The van der Waals surface area contributed by atoms with E-state index in [-0.39, 0.29) is 10.5 Å². The summed E-state index contributed by atoms with van der Waals surface area (Å²) in [5.41, 5.74) is 0.162. The van der Waals surface area contributed by atoms with Crippen molar-refractivity contribution in [2.24, 2.45) is 0 Å². The van der Waals surface area contributed by atoms with Crippen molar-refractivity contribution >= 4 is 21.9 Å². The predicted molar refractivity (Wildman–Crippen MR) is 88.3 cm³/mol. The molecule has 0 spiro atoms. The molecule has 1 N–H and O–H groups in total. The van der Waals surface area contributed by atoms with Crippen molar-refractivity contribution in [3.8, 4) is 0 Å². The molecule has 0 atom stereocenters. The second kappa shape index (κ2) is 7.76. The maximum absolute atomic E-state index is 12.8. The normalized spacial score (nSPS) is 16.4. The molecule has 0 aromatic heterocycles. The molecular weight excluding hydrogens is 332 g/mol. The van der Waals surface area contributed by atoms with E-state index in [0.717, 1.165) is 30.6 Å². The minimum absolute atomic E-state index is 0.0685. The average molecular weight is 354 g/mol. The number of benzene rings is 1. The molecule has 1 amide bonds. The van der Waals surface area contributed by atoms with Crippen LogP contribution in [0.1, 0.15) is 36.0 Å². The number of carboxylic acids is 1. The summed E-state index contributed by atoms with van der Waals surface area (Å²) in [6.45, 7) is 0.529. The number of nitrogens with zero attached hydrogens (tertiary/aromatic N) is 2. The number of hydrogen-bond acceptors (Lipinski definition) is 4. The number of amides is 1. The Kier molecular flexibility index (Phi) is 5.95. The standard InChI is InChI=1S/C16H22N2O5S/c1-17(12-15(19)20)16(21)13-7-6-8-14(11-13)24(22,23)18-9-4-2-3-5-10-18/h6-8,11H,2-5,9-10,12H2,1H3,(H,19,20). The molecule has 0 radical (unpaired) electrons. The smallest absolute Gasteiger partial charge is 0.323 e. The molecule has 0 aliphatic carbocycles. The number of sulfonamides is 1. The van der Waals surface area contributed by atoms with Crippen LogP contribution in [-0.2, 0) is 14.8 Å². The highest BCUT2D eigenvalue weighted by Crippen LogP contribution is 2.21. The third-order valence-corrected chi connectivity index (χ3v) is 5.90.